The van der Waals surface area contributed by atoms with E-state index in [4.69, 9.17) is 5.21 Å². The van der Waals surface area contributed by atoms with E-state index in [0.29, 0.717) is 11.5 Å². The summed E-state index contributed by atoms with van der Waals surface area (Å²) in [5, 5.41) is 8.31. The van der Waals surface area contributed by atoms with Crippen molar-refractivity contribution in [2.75, 3.05) is 0 Å². The molecule has 0 radical (unpaired) electrons. The number of hydroxylamine groups is 1. The molecule has 1 rings (SSSR count). The summed E-state index contributed by atoms with van der Waals surface area (Å²) >= 11 is 0. The molecule has 0 aliphatic heterocycles. The van der Waals surface area contributed by atoms with Crippen LogP contribution in [0.2, 0.25) is 0 Å². The maximum Gasteiger partial charge on any atom is 0.267 e. The summed E-state index contributed by atoms with van der Waals surface area (Å²) < 4.78 is 0. The highest BCUT2D eigenvalue weighted by molar-refractivity contribution is 5.90. The summed E-state index contributed by atoms with van der Waals surface area (Å²) in [7, 11) is 0. The second-order valence-corrected chi connectivity index (χ2v) is 4.36. The van der Waals surface area contributed by atoms with Gasteiger partial charge in [-0.15, -0.1) is 0 Å². The Hall–Kier alpha value is -1.75. The van der Waals surface area contributed by atoms with Crippen molar-refractivity contribution in [1.29, 1.82) is 0 Å². The lowest BCUT2D eigenvalue weighted by Crippen LogP contribution is -2.16. The van der Waals surface area contributed by atoms with Crippen LogP contribution in [0.5, 0.6) is 0 Å². The smallest absolute Gasteiger partial charge is 0.267 e. The molecule has 1 amide bonds. The first-order chi connectivity index (χ1) is 7.43. The monoisotopic (exact) mass is 221 g/mol. The second kappa shape index (κ2) is 4.85. The standard InChI is InChI=1S/C11H15N3O2/c1-11(2,3)10-12-7-6-8(13-10)4-5-9(15)14-16/h4-7,16H,1-3H3,(H,14,15)/b5-4+. The number of rotatable bonds is 2. The van der Waals surface area contributed by atoms with E-state index in [9.17, 15) is 4.79 Å². The molecule has 5 heteroatoms. The molecule has 86 valence electrons. The van der Waals surface area contributed by atoms with Gasteiger partial charge in [0.05, 0.1) is 5.69 Å². The van der Waals surface area contributed by atoms with Crippen molar-refractivity contribution in [3.8, 4) is 0 Å². The number of carbonyl (C=O) groups excluding carboxylic acids is 1. The van der Waals surface area contributed by atoms with Gasteiger partial charge in [-0.05, 0) is 12.1 Å². The van der Waals surface area contributed by atoms with Gasteiger partial charge in [0.25, 0.3) is 5.91 Å². The molecule has 0 saturated heterocycles. The molecule has 0 fully saturated rings. The van der Waals surface area contributed by atoms with Crippen molar-refractivity contribution >= 4 is 12.0 Å². The third-order valence-electron chi connectivity index (χ3n) is 1.86. The molecular formula is C11H15N3O2. The number of nitrogens with zero attached hydrogens (tertiary/aromatic N) is 2. The number of aromatic nitrogens is 2. The first-order valence-electron chi connectivity index (χ1n) is 4.89. The zero-order valence-electron chi connectivity index (χ0n) is 9.56. The molecule has 5 nitrogen and oxygen atoms in total. The van der Waals surface area contributed by atoms with E-state index in [0.717, 1.165) is 0 Å². The van der Waals surface area contributed by atoms with Gasteiger partial charge in [-0.3, -0.25) is 10.0 Å². The van der Waals surface area contributed by atoms with Gasteiger partial charge in [0.2, 0.25) is 0 Å². The normalized spacial score (nSPS) is 11.8. The number of hydrogen-bond acceptors (Lipinski definition) is 4. The minimum Gasteiger partial charge on any atom is -0.288 e. The number of hydrogen-bond donors (Lipinski definition) is 2. The van der Waals surface area contributed by atoms with Crippen LogP contribution in [0.1, 0.15) is 32.3 Å². The van der Waals surface area contributed by atoms with Gasteiger partial charge in [-0.1, -0.05) is 20.8 Å². The number of carbonyl (C=O) groups is 1. The molecule has 0 atom stereocenters. The predicted molar refractivity (Wildman–Crippen MR) is 59.7 cm³/mol. The van der Waals surface area contributed by atoms with Crippen LogP contribution in [-0.2, 0) is 10.2 Å². The van der Waals surface area contributed by atoms with Gasteiger partial charge in [0, 0.05) is 17.7 Å². The van der Waals surface area contributed by atoms with Gasteiger partial charge in [0.1, 0.15) is 5.82 Å². The van der Waals surface area contributed by atoms with E-state index in [1.807, 2.05) is 20.8 Å². The van der Waals surface area contributed by atoms with Crippen molar-refractivity contribution < 1.29 is 10.0 Å². The molecule has 0 bridgehead atoms. The van der Waals surface area contributed by atoms with Crippen molar-refractivity contribution in [2.45, 2.75) is 26.2 Å². The lowest BCUT2D eigenvalue weighted by molar-refractivity contribution is -0.124. The predicted octanol–water partition coefficient (Wildman–Crippen LogP) is 1.29. The third kappa shape index (κ3) is 3.43. The quantitative estimate of drug-likeness (QED) is 0.448. The minimum atomic E-state index is -0.587. The summed E-state index contributed by atoms with van der Waals surface area (Å²) in [6, 6.07) is 1.69. The topological polar surface area (TPSA) is 75.1 Å². The molecule has 0 spiro atoms. The van der Waals surface area contributed by atoms with Gasteiger partial charge in [-0.25, -0.2) is 15.4 Å². The molecule has 16 heavy (non-hydrogen) atoms. The molecule has 0 unspecified atom stereocenters. The van der Waals surface area contributed by atoms with Crippen molar-refractivity contribution in [3.05, 3.63) is 29.9 Å². The Morgan fingerprint density at radius 3 is 2.75 bits per heavy atom. The lowest BCUT2D eigenvalue weighted by Gasteiger charge is -2.15. The molecule has 1 aromatic rings. The lowest BCUT2D eigenvalue weighted by atomic mass is 9.96. The first kappa shape index (κ1) is 12.3. The molecule has 2 N–H and O–H groups in total. The van der Waals surface area contributed by atoms with Crippen molar-refractivity contribution in [1.82, 2.24) is 15.4 Å². The van der Waals surface area contributed by atoms with Crippen LogP contribution in [0.3, 0.4) is 0 Å². The fraction of sp³-hybridized carbons (Fsp3) is 0.364. The first-order valence-corrected chi connectivity index (χ1v) is 4.89. The Kier molecular flexibility index (Phi) is 3.73. The summed E-state index contributed by atoms with van der Waals surface area (Å²) in [6.07, 6.45) is 4.36. The highest BCUT2D eigenvalue weighted by atomic mass is 16.5. The zero-order valence-corrected chi connectivity index (χ0v) is 9.56. The zero-order chi connectivity index (χ0) is 12.2. The molecule has 0 aromatic carbocycles. The number of amides is 1. The Bertz CT molecular complexity index is 408. The summed E-state index contributed by atoms with van der Waals surface area (Å²) in [6.45, 7) is 6.03. The second-order valence-electron chi connectivity index (χ2n) is 4.36. The average molecular weight is 221 g/mol. The SMILES string of the molecule is CC(C)(C)c1nccc(/C=C/C(=O)NO)n1. The van der Waals surface area contributed by atoms with Crippen LogP contribution in [0.25, 0.3) is 6.08 Å². The molecular weight excluding hydrogens is 206 g/mol. The summed E-state index contributed by atoms with van der Waals surface area (Å²) in [5.74, 6) is 0.120. The summed E-state index contributed by atoms with van der Waals surface area (Å²) in [4.78, 5) is 19.2. The Morgan fingerprint density at radius 1 is 1.50 bits per heavy atom. The molecule has 0 aliphatic carbocycles. The number of nitrogens with one attached hydrogen (secondary N) is 1. The molecule has 1 aromatic heterocycles. The van der Waals surface area contributed by atoms with Gasteiger partial charge < -0.3 is 0 Å². The van der Waals surface area contributed by atoms with Crippen LogP contribution in [0.15, 0.2) is 18.3 Å². The van der Waals surface area contributed by atoms with Crippen molar-refractivity contribution in [2.24, 2.45) is 0 Å². The maximum atomic E-state index is 10.8. The van der Waals surface area contributed by atoms with E-state index < -0.39 is 5.91 Å². The summed E-state index contributed by atoms with van der Waals surface area (Å²) in [5.41, 5.74) is 2.00. The Morgan fingerprint density at radius 2 is 2.19 bits per heavy atom. The highest BCUT2D eigenvalue weighted by Gasteiger charge is 2.16. The molecule has 0 saturated carbocycles. The largest absolute Gasteiger partial charge is 0.288 e. The molecule has 0 aliphatic rings. The van der Waals surface area contributed by atoms with E-state index in [1.165, 1.54) is 17.6 Å². The Balaban J connectivity index is 2.91. The van der Waals surface area contributed by atoms with Crippen LogP contribution in [-0.4, -0.2) is 21.1 Å². The van der Waals surface area contributed by atoms with Crippen molar-refractivity contribution in [3.63, 3.8) is 0 Å². The van der Waals surface area contributed by atoms with E-state index in [-0.39, 0.29) is 5.41 Å². The maximum absolute atomic E-state index is 10.8. The van der Waals surface area contributed by atoms with Crippen LogP contribution in [0, 0.1) is 0 Å². The fourth-order valence-electron chi connectivity index (χ4n) is 1.03. The van der Waals surface area contributed by atoms with E-state index in [1.54, 1.807) is 12.3 Å². The van der Waals surface area contributed by atoms with Crippen LogP contribution < -0.4 is 5.48 Å². The average Bonchev–Trinajstić information content (AvgIpc) is 2.25. The minimum absolute atomic E-state index is 0.136. The van der Waals surface area contributed by atoms with Gasteiger partial charge >= 0.3 is 0 Å². The van der Waals surface area contributed by atoms with Gasteiger partial charge in [-0.2, -0.15) is 0 Å². The van der Waals surface area contributed by atoms with Gasteiger partial charge in [0.15, 0.2) is 0 Å². The fourth-order valence-corrected chi connectivity index (χ4v) is 1.03. The van der Waals surface area contributed by atoms with Crippen LogP contribution >= 0.6 is 0 Å². The van der Waals surface area contributed by atoms with Crippen LogP contribution in [0.4, 0.5) is 0 Å². The highest BCUT2D eigenvalue weighted by Crippen LogP contribution is 2.17. The molecule has 1 heterocycles. The third-order valence-corrected chi connectivity index (χ3v) is 1.86. The van der Waals surface area contributed by atoms with E-state index in [2.05, 4.69) is 9.97 Å². The Labute approximate surface area is 94.2 Å². The van der Waals surface area contributed by atoms with E-state index >= 15 is 0 Å².